The minimum Gasteiger partial charge on any atom is -0.508 e. The van der Waals surface area contributed by atoms with Crippen LogP contribution in [0.2, 0.25) is 0 Å². The van der Waals surface area contributed by atoms with Gasteiger partial charge in [-0.25, -0.2) is 4.39 Å². The molecule has 1 fully saturated rings. The molecule has 1 amide bonds. The molecule has 0 radical (unpaired) electrons. The number of hydrogen-bond acceptors (Lipinski definition) is 8. The molecule has 1 saturated heterocycles. The second kappa shape index (κ2) is 10.9. The summed E-state index contributed by atoms with van der Waals surface area (Å²) in [5.41, 5.74) is 1.74. The van der Waals surface area contributed by atoms with Crippen molar-refractivity contribution in [2.75, 3.05) is 56.3 Å². The van der Waals surface area contributed by atoms with Crippen molar-refractivity contribution in [3.8, 4) is 11.8 Å². The highest BCUT2D eigenvalue weighted by atomic mass is 19.1. The minimum absolute atomic E-state index is 0.00155. The van der Waals surface area contributed by atoms with Crippen LogP contribution >= 0.6 is 0 Å². The average molecular weight is 538 g/mol. The van der Waals surface area contributed by atoms with Crippen LogP contribution in [0.15, 0.2) is 24.3 Å². The van der Waals surface area contributed by atoms with Crippen LogP contribution in [0.25, 0.3) is 10.8 Å². The predicted octanol–water partition coefficient (Wildman–Crippen LogP) is 4.05. The molecule has 2 aliphatic heterocycles. The first kappa shape index (κ1) is 27.1. The number of aromatic hydroxyl groups is 1. The summed E-state index contributed by atoms with van der Waals surface area (Å²) in [5.74, 6) is -0.107. The average Bonchev–Trinajstić information content (AvgIpc) is 3.06. The second-order valence-electron chi connectivity index (χ2n) is 10.9. The molecule has 0 atom stereocenters. The molecular weight excluding hydrogens is 501 g/mol. The van der Waals surface area contributed by atoms with Crippen molar-refractivity contribution in [3.63, 3.8) is 0 Å². The summed E-state index contributed by atoms with van der Waals surface area (Å²) in [6.07, 6.45) is 1.24. The maximum Gasteiger partial charge on any atom is 0.318 e. The molecule has 2 aliphatic rings. The van der Waals surface area contributed by atoms with Gasteiger partial charge in [-0.05, 0) is 43.0 Å². The number of anilines is 2. The lowest BCUT2D eigenvalue weighted by atomic mass is 9.95. The Labute approximate surface area is 227 Å². The van der Waals surface area contributed by atoms with Gasteiger partial charge in [0, 0.05) is 43.1 Å². The Hall–Kier alpha value is -3.50. The first-order chi connectivity index (χ1) is 18.7. The number of phenols is 1. The smallest absolute Gasteiger partial charge is 0.318 e. The Morgan fingerprint density at radius 3 is 2.79 bits per heavy atom. The Morgan fingerprint density at radius 2 is 2.03 bits per heavy atom. The Balaban J connectivity index is 1.60. The first-order valence-electron chi connectivity index (χ1n) is 13.5. The Bertz CT molecular complexity index is 1390. The molecule has 0 bridgehead atoms. The number of benzene rings is 2. The van der Waals surface area contributed by atoms with Crippen LogP contribution in [0.3, 0.4) is 0 Å². The summed E-state index contributed by atoms with van der Waals surface area (Å²) in [4.78, 5) is 27.1. The molecule has 9 nitrogen and oxygen atoms in total. The summed E-state index contributed by atoms with van der Waals surface area (Å²) in [6.45, 7) is 9.79. The molecule has 208 valence electrons. The van der Waals surface area contributed by atoms with Crippen molar-refractivity contribution < 1.29 is 23.8 Å². The van der Waals surface area contributed by atoms with Crippen molar-refractivity contribution in [1.82, 2.24) is 15.3 Å². The van der Waals surface area contributed by atoms with Crippen LogP contribution < -0.4 is 19.9 Å². The molecule has 0 saturated carbocycles. The highest BCUT2D eigenvalue weighted by Gasteiger charge is 2.37. The van der Waals surface area contributed by atoms with Crippen molar-refractivity contribution in [2.24, 2.45) is 5.41 Å². The predicted molar refractivity (Wildman–Crippen MR) is 148 cm³/mol. The number of ether oxygens (including phenoxy) is 2. The van der Waals surface area contributed by atoms with Crippen molar-refractivity contribution in [1.29, 1.82) is 0 Å². The van der Waals surface area contributed by atoms with E-state index in [0.29, 0.717) is 78.4 Å². The zero-order valence-electron chi connectivity index (χ0n) is 23.0. The van der Waals surface area contributed by atoms with E-state index in [-0.39, 0.29) is 35.4 Å². The van der Waals surface area contributed by atoms with Gasteiger partial charge in [0.05, 0.1) is 31.1 Å². The van der Waals surface area contributed by atoms with E-state index >= 15 is 0 Å². The van der Waals surface area contributed by atoms with Gasteiger partial charge in [-0.15, -0.1) is 0 Å². The third-order valence-electron chi connectivity index (χ3n) is 7.26. The molecule has 10 heteroatoms. The number of rotatable bonds is 8. The number of carbonyl (C=O) groups excluding carboxylic acids is 1. The molecule has 2 aromatic carbocycles. The normalized spacial score (nSPS) is 16.1. The Morgan fingerprint density at radius 1 is 1.21 bits per heavy atom. The van der Waals surface area contributed by atoms with Crippen LogP contribution in [0, 0.1) is 11.2 Å². The summed E-state index contributed by atoms with van der Waals surface area (Å²) >= 11 is 0. The van der Waals surface area contributed by atoms with E-state index in [0.717, 1.165) is 13.0 Å². The maximum absolute atomic E-state index is 14.9. The van der Waals surface area contributed by atoms with Crippen LogP contribution in [0.4, 0.5) is 15.9 Å². The lowest BCUT2D eigenvalue weighted by molar-refractivity contribution is 0.0996. The largest absolute Gasteiger partial charge is 0.508 e. The number of aryl methyl sites for hydroxylation is 1. The number of halogens is 1. The zero-order valence-corrected chi connectivity index (χ0v) is 23.0. The van der Waals surface area contributed by atoms with Gasteiger partial charge in [-0.2, -0.15) is 9.97 Å². The summed E-state index contributed by atoms with van der Waals surface area (Å²) < 4.78 is 26.6. The van der Waals surface area contributed by atoms with Crippen molar-refractivity contribution in [2.45, 2.75) is 40.2 Å². The zero-order chi connectivity index (χ0) is 27.7. The molecule has 3 heterocycles. The van der Waals surface area contributed by atoms with E-state index in [1.54, 1.807) is 17.0 Å². The minimum atomic E-state index is -0.342. The van der Waals surface area contributed by atoms with Gasteiger partial charge in [-0.1, -0.05) is 26.8 Å². The number of aromatic nitrogens is 2. The van der Waals surface area contributed by atoms with Crippen LogP contribution in [0.5, 0.6) is 11.8 Å². The summed E-state index contributed by atoms with van der Waals surface area (Å²) in [5, 5.41) is 15.0. The van der Waals surface area contributed by atoms with Crippen molar-refractivity contribution >= 4 is 28.2 Å². The molecule has 2 N–H and O–H groups in total. The van der Waals surface area contributed by atoms with E-state index < -0.39 is 0 Å². The maximum atomic E-state index is 14.9. The molecular formula is C29H36FN5O4. The number of fused-ring (bicyclic) bond motifs is 2. The van der Waals surface area contributed by atoms with Gasteiger partial charge in [0.25, 0.3) is 5.91 Å². The highest BCUT2D eigenvalue weighted by Crippen LogP contribution is 2.41. The summed E-state index contributed by atoms with van der Waals surface area (Å²) in [7, 11) is 1.90. The standard InChI is InChI=1S/C29H36FN5O4/c1-5-20-21(30)8-7-18-13-19(36)14-23(24(18)20)35-15-22-25(27(35)37)26(34-9-6-11-38-12-10-34)33-28(32-22)39-17-29(2,3)16-31-4/h7-8,13-14,31,36H,5-6,9-12,15-17H2,1-4H3. The first-order valence-corrected chi connectivity index (χ1v) is 13.5. The fourth-order valence-electron chi connectivity index (χ4n) is 5.43. The van der Waals surface area contributed by atoms with E-state index in [1.165, 1.54) is 12.1 Å². The van der Waals surface area contributed by atoms with E-state index in [9.17, 15) is 14.3 Å². The van der Waals surface area contributed by atoms with E-state index in [1.807, 2.05) is 14.0 Å². The molecule has 5 rings (SSSR count). The van der Waals surface area contributed by atoms with Gasteiger partial charge >= 0.3 is 6.01 Å². The van der Waals surface area contributed by atoms with Crippen molar-refractivity contribution in [3.05, 3.63) is 46.9 Å². The van der Waals surface area contributed by atoms with Crippen LogP contribution in [-0.2, 0) is 17.7 Å². The molecule has 1 aromatic heterocycles. The quantitative estimate of drug-likeness (QED) is 0.444. The molecule has 0 aliphatic carbocycles. The summed E-state index contributed by atoms with van der Waals surface area (Å²) in [6, 6.07) is 6.35. The number of nitrogens with zero attached hydrogens (tertiary/aromatic N) is 4. The van der Waals surface area contributed by atoms with Gasteiger partial charge in [0.1, 0.15) is 22.9 Å². The lowest BCUT2D eigenvalue weighted by Gasteiger charge is -2.25. The van der Waals surface area contributed by atoms with Gasteiger partial charge in [-0.3, -0.25) is 4.79 Å². The van der Waals surface area contributed by atoms with Gasteiger partial charge < -0.3 is 29.7 Å². The number of amides is 1. The number of hydrogen-bond donors (Lipinski definition) is 2. The highest BCUT2D eigenvalue weighted by molar-refractivity contribution is 6.16. The molecule has 0 unspecified atom stereocenters. The fourth-order valence-corrected chi connectivity index (χ4v) is 5.43. The molecule has 0 spiro atoms. The SMILES string of the molecule is CCc1c(F)ccc2cc(O)cc(N3Cc4nc(OCC(C)(C)CNC)nc(N5CCCOCC5)c4C3=O)c12. The van der Waals surface area contributed by atoms with E-state index in [2.05, 4.69) is 29.0 Å². The second-order valence-corrected chi connectivity index (χ2v) is 10.9. The topological polar surface area (TPSA) is 100 Å². The number of phenolic OH excluding ortho intramolecular Hbond substituents is 1. The van der Waals surface area contributed by atoms with Crippen LogP contribution in [-0.4, -0.2) is 67.5 Å². The van der Waals surface area contributed by atoms with Gasteiger partial charge in [0.2, 0.25) is 0 Å². The monoisotopic (exact) mass is 537 g/mol. The Kier molecular flexibility index (Phi) is 7.59. The van der Waals surface area contributed by atoms with Crippen LogP contribution in [0.1, 0.15) is 48.8 Å². The molecule has 3 aromatic rings. The number of carbonyl (C=O) groups is 1. The third-order valence-corrected chi connectivity index (χ3v) is 7.26. The fraction of sp³-hybridized carbons (Fsp3) is 0.483. The lowest BCUT2D eigenvalue weighted by Crippen LogP contribution is -2.33. The van der Waals surface area contributed by atoms with E-state index in [4.69, 9.17) is 14.5 Å². The number of nitrogens with one attached hydrogen (secondary N) is 1. The molecule has 39 heavy (non-hydrogen) atoms. The van der Waals surface area contributed by atoms with Gasteiger partial charge in [0.15, 0.2) is 0 Å². The third kappa shape index (κ3) is 5.35.